The van der Waals surface area contributed by atoms with E-state index in [0.29, 0.717) is 122 Å². The highest BCUT2D eigenvalue weighted by molar-refractivity contribution is 7.87. The number of aromatic nitrogens is 4. The number of carbonyl (C=O) groups excluding carboxylic acids is 6. The van der Waals surface area contributed by atoms with Gasteiger partial charge >= 0.3 is 17.9 Å². The lowest BCUT2D eigenvalue weighted by atomic mass is 9.73. The van der Waals surface area contributed by atoms with Crippen molar-refractivity contribution in [2.24, 2.45) is 31.6 Å². The molecule has 35 heteroatoms. The van der Waals surface area contributed by atoms with Crippen molar-refractivity contribution in [1.29, 1.82) is 0 Å². The number of allylic oxidation sites excluding steroid dienone is 12. The van der Waals surface area contributed by atoms with Gasteiger partial charge in [0, 0.05) is 174 Å². The van der Waals surface area contributed by atoms with Gasteiger partial charge in [-0.2, -0.15) is 38.9 Å². The van der Waals surface area contributed by atoms with Crippen molar-refractivity contribution >= 4 is 118 Å². The summed E-state index contributed by atoms with van der Waals surface area (Å²) in [5, 5.41) is 11.9. The average Bonchev–Trinajstić information content (AvgIpc) is 1.30. The first-order chi connectivity index (χ1) is 64.5. The third kappa shape index (κ3) is 25.3. The molecule has 0 radical (unpaired) electrons. The number of amides is 8. The van der Waals surface area contributed by atoms with E-state index in [9.17, 15) is 45.6 Å². The van der Waals surface area contributed by atoms with Crippen molar-refractivity contribution in [3.63, 3.8) is 0 Å². The molecular weight excluding hydrogens is 1810 g/mol. The zero-order valence-electron chi connectivity index (χ0n) is 80.2. The third-order valence-corrected chi connectivity index (χ3v) is 31.8. The van der Waals surface area contributed by atoms with Gasteiger partial charge in [0.15, 0.2) is 22.9 Å². The predicted octanol–water partition coefficient (Wildman–Crippen LogP) is 19.9. The molecule has 0 unspecified atom stereocenters. The van der Waals surface area contributed by atoms with Gasteiger partial charge in [-0.15, -0.1) is 9.98 Å². The van der Waals surface area contributed by atoms with E-state index in [1.165, 1.54) is 55.0 Å². The zero-order valence-corrected chi connectivity index (χ0v) is 81.8. The topological polar surface area (TPSA) is 352 Å². The maximum absolute atomic E-state index is 12.9. The Labute approximate surface area is 828 Å². The summed E-state index contributed by atoms with van der Waals surface area (Å²) in [5.74, 6) is -0.600. The smallest absolute Gasteiger partial charge is 0.346 e. The number of likely N-dealkylation sites (N-methyl/N-ethyl adjacent to an activating group) is 8. The average molecular weight is 1950 g/mol. The first-order valence-electron chi connectivity index (χ1n) is 46.4. The molecule has 33 nitrogen and oxygen atoms in total. The summed E-state index contributed by atoms with van der Waals surface area (Å²) >= 11 is 0. The van der Waals surface area contributed by atoms with E-state index in [1.54, 1.807) is 86.2 Å². The molecule has 0 aromatic carbocycles. The molecule has 1 saturated carbocycles. The zero-order chi connectivity index (χ0) is 97.7. The molecule has 140 heavy (non-hydrogen) atoms. The lowest BCUT2D eigenvalue weighted by Gasteiger charge is -2.36. The van der Waals surface area contributed by atoms with Crippen LogP contribution in [0.4, 0.5) is 38.2 Å². The van der Waals surface area contributed by atoms with Crippen LogP contribution in [0.2, 0.25) is 0 Å². The molecule has 8 amide bonds. The second-order valence-corrected chi connectivity index (χ2v) is 44.3. The van der Waals surface area contributed by atoms with E-state index >= 15 is 0 Å². The maximum atomic E-state index is 12.9. The van der Waals surface area contributed by atoms with Crippen LogP contribution in [-0.4, -0.2) is 229 Å². The van der Waals surface area contributed by atoms with Crippen molar-refractivity contribution in [2.75, 3.05) is 130 Å². The third-order valence-electron chi connectivity index (χ3n) is 28.0. The lowest BCUT2D eigenvalue weighted by molar-refractivity contribution is -0.113. The molecule has 5 aromatic rings. The Balaban J connectivity index is 0.000000190. The van der Waals surface area contributed by atoms with Crippen LogP contribution >= 0.6 is 0 Å². The SMILES string of the molecule is C.C.C.C.[C-]#[N+]C1=CCC(C(=O)Nc2ccc(C3CN(C)C(=O)N(C)C3)nc2C2=CCC(C)(C)CC2)=N1.[C-]#[N+]C1=CCC(C(=O)Nc2ccc(C3CN(C)S(=O)(=O)N(C)C3)nc2C2=CCC(C)(C)CC2)=C1.[C-]#[N+]C1=CCC(C(=O)Nc2ccc(C3CN(C)S(=O)(=O)N(C)C3)nc2C2=CCC(C)(C)CC2)=N1.[C-]#[N+]c1ccc(C(=O)Nc2ccc(C3CN(C)C(=O)N(C)C3)nc2C2=CCC3(CCCC3)CC2)o1. The minimum atomic E-state index is -3.43. The Morgan fingerprint density at radius 1 is 0.386 bits per heavy atom. The summed E-state index contributed by atoms with van der Waals surface area (Å²) in [6.07, 6.45) is 33.6. The Morgan fingerprint density at radius 2 is 0.714 bits per heavy atom. The molecule has 1 spiro atoms. The van der Waals surface area contributed by atoms with Crippen molar-refractivity contribution < 1.29 is 50.0 Å². The van der Waals surface area contributed by atoms with Crippen LogP contribution in [0.5, 0.6) is 0 Å². The van der Waals surface area contributed by atoms with Gasteiger partial charge < -0.3 is 55.0 Å². The number of carbonyl (C=O) groups is 6. The van der Waals surface area contributed by atoms with Gasteiger partial charge in [0.1, 0.15) is 0 Å². The normalized spacial score (nSPS) is 21.1. The molecule has 746 valence electrons. The van der Waals surface area contributed by atoms with E-state index in [-0.39, 0.29) is 123 Å². The van der Waals surface area contributed by atoms with Crippen LogP contribution in [-0.2, 0) is 34.8 Å². The second kappa shape index (κ2) is 45.2. The molecule has 4 saturated heterocycles. The van der Waals surface area contributed by atoms with Crippen LogP contribution in [0.3, 0.4) is 0 Å². The molecule has 4 N–H and O–H groups in total. The monoisotopic (exact) mass is 1950 g/mol. The van der Waals surface area contributed by atoms with Gasteiger partial charge in [-0.05, 0) is 207 Å². The highest BCUT2D eigenvalue weighted by atomic mass is 32.2. The van der Waals surface area contributed by atoms with Crippen LogP contribution in [0.25, 0.3) is 41.7 Å². The molecule has 0 atom stereocenters. The number of pyridine rings is 4. The van der Waals surface area contributed by atoms with Gasteiger partial charge in [0.05, 0.1) is 58.7 Å². The summed E-state index contributed by atoms with van der Waals surface area (Å²) in [6.45, 7) is 45.7. The summed E-state index contributed by atoms with van der Waals surface area (Å²) < 4.78 is 60.2. The Hall–Kier alpha value is -12.7. The number of hydrogen-bond acceptors (Lipinski definition) is 17. The quantitative estimate of drug-likeness (QED) is 0.0667. The van der Waals surface area contributed by atoms with Gasteiger partial charge in [-0.3, -0.25) is 39.1 Å². The molecule has 0 bridgehead atoms. The summed E-state index contributed by atoms with van der Waals surface area (Å²) in [4.78, 5) is 124. The maximum Gasteiger partial charge on any atom is 0.346 e. The highest BCUT2D eigenvalue weighted by Crippen LogP contribution is 2.51. The lowest BCUT2D eigenvalue weighted by Crippen LogP contribution is -2.49. The van der Waals surface area contributed by atoms with E-state index in [4.69, 9.17) is 50.6 Å². The molecule has 6 aliphatic heterocycles. The van der Waals surface area contributed by atoms with Crippen LogP contribution in [0.1, 0.15) is 273 Å². The first kappa shape index (κ1) is 109. The highest BCUT2D eigenvalue weighted by Gasteiger charge is 2.42. The molecule has 17 rings (SSSR count). The molecular formula is C105H138N22O11S2. The Bertz CT molecular complexity index is 6110. The van der Waals surface area contributed by atoms with E-state index in [1.807, 2.05) is 62.6 Å². The predicted molar refractivity (Wildman–Crippen MR) is 554 cm³/mol. The number of furan rings is 1. The fourth-order valence-corrected chi connectivity index (χ4v) is 21.8. The fourth-order valence-electron chi connectivity index (χ4n) is 19.4. The second-order valence-electron chi connectivity index (χ2n) is 40.0. The largest absolute Gasteiger partial charge is 0.475 e. The molecule has 5 fully saturated rings. The van der Waals surface area contributed by atoms with Crippen LogP contribution < -0.4 is 21.3 Å². The van der Waals surface area contributed by atoms with Gasteiger partial charge in [-0.25, -0.2) is 14.4 Å². The minimum absolute atomic E-state index is 0. The summed E-state index contributed by atoms with van der Waals surface area (Å²) in [5.41, 5.74) is 16.3. The number of hydrogen-bond donors (Lipinski definition) is 4. The molecule has 6 aliphatic carbocycles. The summed E-state index contributed by atoms with van der Waals surface area (Å²) in [7, 11) is 6.69. The van der Waals surface area contributed by atoms with Gasteiger partial charge in [0.2, 0.25) is 0 Å². The number of aliphatic imine (C=N–C) groups is 2. The van der Waals surface area contributed by atoms with Gasteiger partial charge in [0.25, 0.3) is 55.7 Å². The standard InChI is InChI=1S/C27H31N5O3.C25H30N6O2.C25H31N5O3S.C24H30N6O3S.4CH4/c1-28-23-9-8-22(35-23)25(33)30-21-7-6-20(19-16-31(2)26(34)32(3)17-19)29-24(21)18-10-14-27(15-11-18)12-4-5-13-27;1-25(2)12-10-16(11-13-25)22-19(29-23(32)20-8-9-21(26-3)27-20)7-6-18(28-22)17-14-30(4)24(33)31(5)15-17;1-25(2)12-10-17(11-13-25)23-22(28-24(31)18-6-7-20(14-18)26-3)9-8-21(27-23)19-15-29(4)34(32,33)30(5)16-19;1-24(2)12-10-16(11-13-24)22-19(28-23(31)20-8-9-21(25-3)26-20)7-6-18(27-22)17-14-29(4)34(32,33)30(5)15-17;;;;/h6-10,19H,4-5,11-17H2,2-3H3,(H,30,33);6-7,9-10,17H,8,11-15H2,1-2,4-5H3,(H,29,32);7-10,14,19H,6,11-13,15-16H2,1-2,4-5H3,(H,28,31);6-7,9-10,17H,8,11-15H2,1-2,4-5H3,(H,28,31);4*1H4. The first-order valence-corrected chi connectivity index (χ1v) is 49.2. The number of anilines is 4. The van der Waals surface area contributed by atoms with Crippen molar-refractivity contribution in [2.45, 2.75) is 217 Å². The van der Waals surface area contributed by atoms with Crippen molar-refractivity contribution in [3.8, 4) is 0 Å². The molecule has 5 aromatic heterocycles. The molecule has 12 aliphatic rings. The number of nitrogens with one attached hydrogen (secondary N) is 4. The number of urea groups is 2. The number of rotatable bonds is 16. The molecule has 11 heterocycles. The Morgan fingerprint density at radius 3 is 1.01 bits per heavy atom. The van der Waals surface area contributed by atoms with E-state index in [0.717, 1.165) is 145 Å². The number of nitrogens with zero attached hydrogens (tertiary/aromatic N) is 18. The minimum Gasteiger partial charge on any atom is -0.475 e. The van der Waals surface area contributed by atoms with Crippen molar-refractivity contribution in [3.05, 3.63) is 229 Å². The van der Waals surface area contributed by atoms with Crippen molar-refractivity contribution in [1.82, 2.24) is 56.8 Å². The van der Waals surface area contributed by atoms with Crippen LogP contribution in [0.15, 0.2) is 147 Å². The van der Waals surface area contributed by atoms with E-state index in [2.05, 4.69) is 116 Å². The fraction of sp³-hybridized carbons (Fsp3) is 0.505. The Kier molecular flexibility index (Phi) is 35.3. The van der Waals surface area contributed by atoms with Gasteiger partial charge in [-0.1, -0.05) is 140 Å². The van der Waals surface area contributed by atoms with Crippen LogP contribution in [0, 0.1) is 47.9 Å². The van der Waals surface area contributed by atoms with E-state index < -0.39 is 26.3 Å². The summed E-state index contributed by atoms with van der Waals surface area (Å²) in [6, 6.07) is 18.2.